The number of hydrogen-bond acceptors (Lipinski definition) is 5. The number of allylic oxidation sites excluding steroid dienone is 1. The minimum Gasteiger partial charge on any atom is -0.488 e. The average Bonchev–Trinajstić information content (AvgIpc) is 3.16. The SMILES string of the molecule is N#C/C(=C\c1ccc(OCc2ccc(Cl)cc2Cl)c(Br)c1)Sc1nc2ccccc2s1. The number of nitriles is 1. The van der Waals surface area contributed by atoms with E-state index in [2.05, 4.69) is 27.0 Å². The van der Waals surface area contributed by atoms with E-state index in [0.717, 1.165) is 30.2 Å². The zero-order chi connectivity index (χ0) is 21.8. The summed E-state index contributed by atoms with van der Waals surface area (Å²) in [7, 11) is 0. The monoisotopic (exact) mass is 546 g/mol. The van der Waals surface area contributed by atoms with Crippen LogP contribution in [0.15, 0.2) is 74.4 Å². The van der Waals surface area contributed by atoms with Gasteiger partial charge in [0.05, 0.1) is 19.6 Å². The zero-order valence-corrected chi connectivity index (χ0v) is 20.5. The molecule has 1 heterocycles. The topological polar surface area (TPSA) is 45.9 Å². The van der Waals surface area contributed by atoms with Crippen molar-refractivity contribution in [3.63, 3.8) is 0 Å². The van der Waals surface area contributed by atoms with Crippen LogP contribution in [0.3, 0.4) is 0 Å². The fraction of sp³-hybridized carbons (Fsp3) is 0.0435. The molecule has 3 aromatic carbocycles. The van der Waals surface area contributed by atoms with E-state index >= 15 is 0 Å². The van der Waals surface area contributed by atoms with Crippen molar-refractivity contribution in [1.82, 2.24) is 4.98 Å². The summed E-state index contributed by atoms with van der Waals surface area (Å²) < 4.78 is 8.62. The third-order valence-corrected chi connectivity index (χ3v) is 7.47. The number of benzene rings is 3. The van der Waals surface area contributed by atoms with Gasteiger partial charge in [-0.25, -0.2) is 4.98 Å². The van der Waals surface area contributed by atoms with Crippen molar-refractivity contribution in [3.05, 3.63) is 91.2 Å². The third-order valence-electron chi connectivity index (χ3n) is 4.23. The maximum Gasteiger partial charge on any atom is 0.156 e. The summed E-state index contributed by atoms with van der Waals surface area (Å²) in [5.74, 6) is 0.681. The molecule has 31 heavy (non-hydrogen) atoms. The second-order valence-electron chi connectivity index (χ2n) is 6.38. The Morgan fingerprint density at radius 3 is 2.74 bits per heavy atom. The normalized spacial score (nSPS) is 11.5. The minimum atomic E-state index is 0.320. The number of thioether (sulfide) groups is 1. The van der Waals surface area contributed by atoms with Crippen LogP contribution in [0.4, 0.5) is 0 Å². The van der Waals surface area contributed by atoms with E-state index < -0.39 is 0 Å². The smallest absolute Gasteiger partial charge is 0.156 e. The predicted molar refractivity (Wildman–Crippen MR) is 134 cm³/mol. The maximum absolute atomic E-state index is 9.58. The van der Waals surface area contributed by atoms with Gasteiger partial charge in [-0.05, 0) is 75.7 Å². The molecule has 0 saturated heterocycles. The molecule has 4 aromatic rings. The fourth-order valence-electron chi connectivity index (χ4n) is 2.74. The number of thiazole rings is 1. The van der Waals surface area contributed by atoms with Gasteiger partial charge >= 0.3 is 0 Å². The van der Waals surface area contributed by atoms with Crippen LogP contribution in [0.1, 0.15) is 11.1 Å². The molecule has 0 aliphatic heterocycles. The Balaban J connectivity index is 1.48. The first-order chi connectivity index (χ1) is 15.0. The molecular formula is C23H13BrCl2N2OS2. The number of rotatable bonds is 6. The van der Waals surface area contributed by atoms with Gasteiger partial charge in [-0.3, -0.25) is 0 Å². The van der Waals surface area contributed by atoms with Crippen LogP contribution in [0, 0.1) is 11.3 Å². The molecule has 0 unspecified atom stereocenters. The molecule has 0 atom stereocenters. The average molecular weight is 548 g/mol. The first kappa shape index (κ1) is 22.2. The highest BCUT2D eigenvalue weighted by Crippen LogP contribution is 2.35. The summed E-state index contributed by atoms with van der Waals surface area (Å²) in [5.41, 5.74) is 2.67. The highest BCUT2D eigenvalue weighted by molar-refractivity contribution is 9.10. The van der Waals surface area contributed by atoms with Crippen LogP contribution in [-0.4, -0.2) is 4.98 Å². The van der Waals surface area contributed by atoms with Gasteiger partial charge in [-0.2, -0.15) is 5.26 Å². The minimum absolute atomic E-state index is 0.320. The van der Waals surface area contributed by atoms with E-state index in [-0.39, 0.29) is 0 Å². The number of nitrogens with zero attached hydrogens (tertiary/aromatic N) is 2. The molecule has 154 valence electrons. The lowest BCUT2D eigenvalue weighted by molar-refractivity contribution is 0.304. The predicted octanol–water partition coefficient (Wildman–Crippen LogP) is 8.60. The highest BCUT2D eigenvalue weighted by atomic mass is 79.9. The zero-order valence-electron chi connectivity index (χ0n) is 15.8. The van der Waals surface area contributed by atoms with E-state index in [1.165, 1.54) is 11.8 Å². The Kier molecular flexibility index (Phi) is 7.21. The van der Waals surface area contributed by atoms with Crippen LogP contribution in [0.2, 0.25) is 10.0 Å². The first-order valence-corrected chi connectivity index (χ1v) is 12.2. The second-order valence-corrected chi connectivity index (χ2v) is 10.4. The summed E-state index contributed by atoms with van der Waals surface area (Å²) in [4.78, 5) is 5.14. The maximum atomic E-state index is 9.58. The number of para-hydroxylation sites is 1. The van der Waals surface area contributed by atoms with E-state index in [9.17, 15) is 5.26 Å². The van der Waals surface area contributed by atoms with Crippen LogP contribution < -0.4 is 4.74 Å². The largest absolute Gasteiger partial charge is 0.488 e. The van der Waals surface area contributed by atoms with Crippen LogP contribution in [0.5, 0.6) is 5.75 Å². The molecule has 0 aliphatic carbocycles. The number of hydrogen-bond donors (Lipinski definition) is 0. The number of ether oxygens (including phenoxy) is 1. The van der Waals surface area contributed by atoms with Crippen molar-refractivity contribution < 1.29 is 4.74 Å². The van der Waals surface area contributed by atoms with Gasteiger partial charge in [0.2, 0.25) is 0 Å². The Morgan fingerprint density at radius 1 is 1.16 bits per heavy atom. The van der Waals surface area contributed by atoms with Gasteiger partial charge in [-0.1, -0.05) is 47.5 Å². The van der Waals surface area contributed by atoms with E-state index in [0.29, 0.717) is 27.3 Å². The van der Waals surface area contributed by atoms with Crippen molar-refractivity contribution >= 4 is 78.5 Å². The van der Waals surface area contributed by atoms with E-state index in [4.69, 9.17) is 27.9 Å². The van der Waals surface area contributed by atoms with Gasteiger partial charge < -0.3 is 4.74 Å². The van der Waals surface area contributed by atoms with Gasteiger partial charge in [-0.15, -0.1) is 11.3 Å². The number of fused-ring (bicyclic) bond motifs is 1. The standard InChI is InChI=1S/C23H13BrCl2N2OS2/c24-18-10-14(5-8-21(18)29-13-15-6-7-16(25)11-19(15)26)9-17(12-27)30-23-28-20-3-1-2-4-22(20)31-23/h1-11H,13H2/b17-9+. The van der Waals surface area contributed by atoms with Crippen molar-refractivity contribution in [3.8, 4) is 11.8 Å². The Bertz CT molecular complexity index is 1300. The van der Waals surface area contributed by atoms with Gasteiger partial charge in [0.15, 0.2) is 4.34 Å². The molecule has 0 amide bonds. The van der Waals surface area contributed by atoms with Gasteiger partial charge in [0.25, 0.3) is 0 Å². The van der Waals surface area contributed by atoms with Crippen molar-refractivity contribution in [2.24, 2.45) is 0 Å². The lowest BCUT2D eigenvalue weighted by Gasteiger charge is -2.10. The molecular weight excluding hydrogens is 535 g/mol. The van der Waals surface area contributed by atoms with Crippen LogP contribution >= 0.6 is 62.2 Å². The van der Waals surface area contributed by atoms with Crippen molar-refractivity contribution in [1.29, 1.82) is 5.26 Å². The summed E-state index contributed by atoms with van der Waals surface area (Å²) in [6.45, 7) is 0.320. The summed E-state index contributed by atoms with van der Waals surface area (Å²) in [6, 6.07) is 21.2. The van der Waals surface area contributed by atoms with Crippen molar-refractivity contribution in [2.45, 2.75) is 10.9 Å². The molecule has 0 spiro atoms. The first-order valence-electron chi connectivity index (χ1n) is 9.03. The molecule has 8 heteroatoms. The van der Waals surface area contributed by atoms with Crippen LogP contribution in [-0.2, 0) is 6.61 Å². The molecule has 0 saturated carbocycles. The lowest BCUT2D eigenvalue weighted by atomic mass is 10.2. The summed E-state index contributed by atoms with van der Waals surface area (Å²) in [6.07, 6.45) is 1.83. The second kappa shape index (κ2) is 10.1. The van der Waals surface area contributed by atoms with Gasteiger partial charge in [0.1, 0.15) is 18.4 Å². The molecule has 1 aromatic heterocycles. The number of halogens is 3. The quantitative estimate of drug-likeness (QED) is 0.179. The molecule has 3 nitrogen and oxygen atoms in total. The molecule has 0 radical (unpaired) electrons. The van der Waals surface area contributed by atoms with E-state index in [1.54, 1.807) is 23.5 Å². The van der Waals surface area contributed by atoms with Gasteiger partial charge in [0, 0.05) is 15.6 Å². The molecule has 4 rings (SSSR count). The fourth-order valence-corrected chi connectivity index (χ4v) is 5.69. The third kappa shape index (κ3) is 5.62. The molecule has 0 bridgehead atoms. The van der Waals surface area contributed by atoms with Crippen molar-refractivity contribution in [2.75, 3.05) is 0 Å². The summed E-state index contributed by atoms with van der Waals surface area (Å²) in [5, 5.41) is 10.7. The van der Waals surface area contributed by atoms with E-state index in [1.807, 2.05) is 54.6 Å². The molecule has 0 N–H and O–H groups in total. The van der Waals surface area contributed by atoms with Crippen LogP contribution in [0.25, 0.3) is 16.3 Å². The Hall–Kier alpha value is -2.01. The molecule has 0 fully saturated rings. The summed E-state index contributed by atoms with van der Waals surface area (Å²) >= 11 is 18.6. The Labute approximate surface area is 206 Å². The Morgan fingerprint density at radius 2 is 2.00 bits per heavy atom. The molecule has 0 aliphatic rings. The lowest BCUT2D eigenvalue weighted by Crippen LogP contribution is -1.97. The number of aromatic nitrogens is 1. The highest BCUT2D eigenvalue weighted by Gasteiger charge is 2.09.